The maximum atomic E-state index is 2.31. The molecule has 1 nitrogen and oxygen atoms in total. The van der Waals surface area contributed by atoms with E-state index in [1.807, 2.05) is 0 Å². The van der Waals surface area contributed by atoms with Crippen molar-refractivity contribution in [3.8, 4) is 11.1 Å². The maximum Gasteiger partial charge on any atom is 0.213 e. The lowest BCUT2D eigenvalue weighted by atomic mass is 9.94. The molecule has 0 aliphatic heterocycles. The van der Waals surface area contributed by atoms with Gasteiger partial charge < -0.3 is 0 Å². The molecule has 0 aliphatic rings. The van der Waals surface area contributed by atoms with Crippen molar-refractivity contribution in [1.29, 1.82) is 0 Å². The molecule has 5 rings (SSSR count). The van der Waals surface area contributed by atoms with Crippen LogP contribution in [-0.4, -0.2) is 0 Å². The number of rotatable bonds is 1. The van der Waals surface area contributed by atoms with Gasteiger partial charge in [0.25, 0.3) is 0 Å². The fourth-order valence-electron chi connectivity index (χ4n) is 3.89. The van der Waals surface area contributed by atoms with Gasteiger partial charge in [0.1, 0.15) is 7.05 Å². The summed E-state index contributed by atoms with van der Waals surface area (Å²) in [5, 5.41) is 5.14. The normalized spacial score (nSPS) is 11.4. The predicted molar refractivity (Wildman–Crippen MR) is 106 cm³/mol. The number of nitrogens with zero attached hydrogens (tertiary/aromatic N) is 1. The van der Waals surface area contributed by atoms with Crippen molar-refractivity contribution in [3.05, 3.63) is 91.0 Å². The molecule has 25 heavy (non-hydrogen) atoms. The molecule has 0 saturated heterocycles. The molecule has 1 heterocycles. The van der Waals surface area contributed by atoms with Crippen LogP contribution < -0.4 is 4.57 Å². The summed E-state index contributed by atoms with van der Waals surface area (Å²) in [6.07, 6.45) is 0. The molecular weight excluding hydrogens is 302 g/mol. The molecule has 0 saturated carbocycles. The first-order valence-corrected chi connectivity index (χ1v) is 8.61. The largest absolute Gasteiger partial charge is 0.213 e. The van der Waals surface area contributed by atoms with Crippen LogP contribution in [0.4, 0.5) is 0 Å². The second-order valence-corrected chi connectivity index (χ2v) is 6.53. The minimum atomic E-state index is 1.25. The fourth-order valence-corrected chi connectivity index (χ4v) is 3.89. The second kappa shape index (κ2) is 5.42. The summed E-state index contributed by atoms with van der Waals surface area (Å²) in [7, 11) is 2.15. The third-order valence-electron chi connectivity index (χ3n) is 5.11. The Morgan fingerprint density at radius 1 is 0.560 bits per heavy atom. The number of aromatic nitrogens is 1. The van der Waals surface area contributed by atoms with Crippen LogP contribution in [0.2, 0.25) is 0 Å². The van der Waals surface area contributed by atoms with Gasteiger partial charge in [-0.3, -0.25) is 0 Å². The molecule has 0 fully saturated rings. The van der Waals surface area contributed by atoms with Crippen molar-refractivity contribution in [2.24, 2.45) is 7.05 Å². The van der Waals surface area contributed by atoms with Crippen molar-refractivity contribution in [1.82, 2.24) is 0 Å². The zero-order valence-corrected chi connectivity index (χ0v) is 14.1. The first-order chi connectivity index (χ1) is 12.3. The van der Waals surface area contributed by atoms with E-state index in [4.69, 9.17) is 0 Å². The van der Waals surface area contributed by atoms with Gasteiger partial charge in [0.05, 0.1) is 10.8 Å². The van der Waals surface area contributed by atoms with E-state index < -0.39 is 0 Å². The Morgan fingerprint density at radius 2 is 1.12 bits per heavy atom. The summed E-state index contributed by atoms with van der Waals surface area (Å²) in [6.45, 7) is 0. The van der Waals surface area contributed by atoms with Crippen LogP contribution in [0.3, 0.4) is 0 Å². The van der Waals surface area contributed by atoms with E-state index in [1.54, 1.807) is 0 Å². The van der Waals surface area contributed by atoms with Crippen LogP contribution in [0, 0.1) is 0 Å². The Labute approximate surface area is 146 Å². The van der Waals surface area contributed by atoms with Crippen molar-refractivity contribution < 1.29 is 4.57 Å². The third kappa shape index (κ3) is 2.13. The monoisotopic (exact) mass is 320 g/mol. The minimum Gasteiger partial charge on any atom is -0.194 e. The number of para-hydroxylation sites is 2. The molecule has 0 bridgehead atoms. The molecule has 0 spiro atoms. The van der Waals surface area contributed by atoms with Gasteiger partial charge in [-0.25, -0.2) is 0 Å². The summed E-state index contributed by atoms with van der Waals surface area (Å²) in [5.74, 6) is 0. The molecule has 0 aliphatic carbocycles. The molecular formula is C24H18N+. The molecule has 0 amide bonds. The van der Waals surface area contributed by atoms with Crippen LogP contribution in [0.25, 0.3) is 43.7 Å². The Kier molecular flexibility index (Phi) is 3.07. The van der Waals surface area contributed by atoms with Crippen molar-refractivity contribution in [2.45, 2.75) is 0 Å². The Balaban J connectivity index is 1.97. The van der Waals surface area contributed by atoms with Gasteiger partial charge in [-0.05, 0) is 34.5 Å². The first kappa shape index (κ1) is 14.2. The molecule has 4 aromatic carbocycles. The molecule has 0 atom stereocenters. The number of aryl methyl sites for hydroxylation is 1. The number of benzene rings is 4. The Hall–Kier alpha value is -3.19. The van der Waals surface area contributed by atoms with E-state index in [2.05, 4.69) is 103 Å². The van der Waals surface area contributed by atoms with Gasteiger partial charge in [0.2, 0.25) is 11.0 Å². The molecule has 0 unspecified atom stereocenters. The number of hydrogen-bond donors (Lipinski definition) is 0. The van der Waals surface area contributed by atoms with Gasteiger partial charge in [0.15, 0.2) is 0 Å². The fraction of sp³-hybridized carbons (Fsp3) is 0.0417. The van der Waals surface area contributed by atoms with E-state index in [0.717, 1.165) is 0 Å². The molecule has 1 aromatic heterocycles. The van der Waals surface area contributed by atoms with E-state index >= 15 is 0 Å². The number of hydrogen-bond acceptors (Lipinski definition) is 0. The molecule has 118 valence electrons. The SMILES string of the molecule is C[n+]1c2ccccc2c(-c2ccc3ccccc3c2)c2ccccc21. The van der Waals surface area contributed by atoms with Crippen LogP contribution in [0.5, 0.6) is 0 Å². The number of pyridine rings is 1. The summed E-state index contributed by atoms with van der Waals surface area (Å²) >= 11 is 0. The number of fused-ring (bicyclic) bond motifs is 3. The second-order valence-electron chi connectivity index (χ2n) is 6.53. The van der Waals surface area contributed by atoms with Crippen molar-refractivity contribution in [2.75, 3.05) is 0 Å². The third-order valence-corrected chi connectivity index (χ3v) is 5.11. The van der Waals surface area contributed by atoms with Crippen LogP contribution in [-0.2, 0) is 7.05 Å². The highest BCUT2D eigenvalue weighted by atomic mass is 14.9. The van der Waals surface area contributed by atoms with E-state index in [0.29, 0.717) is 0 Å². The first-order valence-electron chi connectivity index (χ1n) is 8.61. The molecule has 1 heteroatoms. The summed E-state index contributed by atoms with van der Waals surface area (Å²) in [5.41, 5.74) is 5.09. The lowest BCUT2D eigenvalue weighted by Gasteiger charge is -2.11. The zero-order valence-electron chi connectivity index (χ0n) is 14.1. The summed E-state index contributed by atoms with van der Waals surface area (Å²) in [4.78, 5) is 0. The average molecular weight is 320 g/mol. The van der Waals surface area contributed by atoms with Crippen molar-refractivity contribution in [3.63, 3.8) is 0 Å². The lowest BCUT2D eigenvalue weighted by Crippen LogP contribution is -2.30. The smallest absolute Gasteiger partial charge is 0.194 e. The van der Waals surface area contributed by atoms with Gasteiger partial charge in [-0.1, -0.05) is 60.7 Å². The standard InChI is InChI=1S/C24H18N/c1-25-22-12-6-4-10-20(22)24(21-11-5-7-13-23(21)25)19-15-14-17-8-2-3-9-18(17)16-19/h2-16H,1H3/q+1. The molecule has 0 radical (unpaired) electrons. The van der Waals surface area contributed by atoms with Crippen LogP contribution in [0.1, 0.15) is 0 Å². The van der Waals surface area contributed by atoms with Crippen LogP contribution in [0.15, 0.2) is 91.0 Å². The quantitative estimate of drug-likeness (QED) is 0.278. The lowest BCUT2D eigenvalue weighted by molar-refractivity contribution is -0.617. The average Bonchev–Trinajstić information content (AvgIpc) is 2.68. The van der Waals surface area contributed by atoms with Gasteiger partial charge in [-0.2, -0.15) is 4.57 Å². The van der Waals surface area contributed by atoms with E-state index in [-0.39, 0.29) is 0 Å². The summed E-state index contributed by atoms with van der Waals surface area (Å²) in [6, 6.07) is 32.7. The van der Waals surface area contributed by atoms with Gasteiger partial charge in [0, 0.05) is 17.7 Å². The van der Waals surface area contributed by atoms with Gasteiger partial charge in [-0.15, -0.1) is 0 Å². The van der Waals surface area contributed by atoms with Gasteiger partial charge >= 0.3 is 0 Å². The molecule has 0 N–H and O–H groups in total. The zero-order chi connectivity index (χ0) is 16.8. The van der Waals surface area contributed by atoms with Crippen molar-refractivity contribution >= 4 is 32.6 Å². The Bertz CT molecular complexity index is 1190. The highest BCUT2D eigenvalue weighted by Crippen LogP contribution is 2.35. The van der Waals surface area contributed by atoms with E-state index in [1.165, 1.54) is 43.7 Å². The highest BCUT2D eigenvalue weighted by molar-refractivity contribution is 6.08. The minimum absolute atomic E-state index is 1.25. The summed E-state index contributed by atoms with van der Waals surface area (Å²) < 4.78 is 2.29. The molecule has 5 aromatic rings. The highest BCUT2D eigenvalue weighted by Gasteiger charge is 2.18. The predicted octanol–water partition coefficient (Wildman–Crippen LogP) is 5.64. The van der Waals surface area contributed by atoms with Crippen LogP contribution >= 0.6 is 0 Å². The topological polar surface area (TPSA) is 3.88 Å². The van der Waals surface area contributed by atoms with E-state index in [9.17, 15) is 0 Å². The maximum absolute atomic E-state index is 2.31. The Morgan fingerprint density at radius 3 is 1.80 bits per heavy atom.